The van der Waals surface area contributed by atoms with E-state index in [1.807, 2.05) is 18.2 Å². The molecule has 0 aliphatic carbocycles. The van der Waals surface area contributed by atoms with Crippen molar-refractivity contribution in [1.29, 1.82) is 0 Å². The van der Waals surface area contributed by atoms with E-state index in [1.54, 1.807) is 13.1 Å². The molecule has 0 spiro atoms. The van der Waals surface area contributed by atoms with Gasteiger partial charge in [0.25, 0.3) is 5.91 Å². The van der Waals surface area contributed by atoms with Crippen LogP contribution in [0.3, 0.4) is 0 Å². The summed E-state index contributed by atoms with van der Waals surface area (Å²) in [4.78, 5) is 25.9. The summed E-state index contributed by atoms with van der Waals surface area (Å²) in [5, 5.41) is 11.5. The molecule has 1 aliphatic heterocycles. The highest BCUT2D eigenvalue weighted by atomic mass is 16.4. The molecule has 2 N–H and O–H groups in total. The van der Waals surface area contributed by atoms with Crippen molar-refractivity contribution in [3.8, 4) is 0 Å². The molecule has 102 valence electrons. The first-order valence-electron chi connectivity index (χ1n) is 6.17. The molecular weight excluding hydrogens is 246 g/mol. The number of amides is 2. The van der Waals surface area contributed by atoms with Crippen molar-refractivity contribution in [2.45, 2.75) is 0 Å². The summed E-state index contributed by atoms with van der Waals surface area (Å²) in [5.74, 6) is -0.119. The van der Waals surface area contributed by atoms with Gasteiger partial charge in [0.2, 0.25) is 0 Å². The van der Waals surface area contributed by atoms with Crippen LogP contribution in [0.4, 0.5) is 10.5 Å². The van der Waals surface area contributed by atoms with E-state index in [0.29, 0.717) is 31.7 Å². The van der Waals surface area contributed by atoms with Gasteiger partial charge in [-0.15, -0.1) is 0 Å². The molecule has 2 rings (SSSR count). The zero-order valence-corrected chi connectivity index (χ0v) is 10.8. The van der Waals surface area contributed by atoms with Crippen molar-refractivity contribution in [1.82, 2.24) is 10.2 Å². The van der Waals surface area contributed by atoms with E-state index in [4.69, 9.17) is 5.11 Å². The lowest BCUT2D eigenvalue weighted by Gasteiger charge is -2.34. The average molecular weight is 263 g/mol. The number of nitrogens with one attached hydrogen (secondary N) is 1. The summed E-state index contributed by atoms with van der Waals surface area (Å²) in [6.07, 6.45) is -0.876. The molecular formula is C13H17N3O3. The minimum atomic E-state index is -0.876. The summed E-state index contributed by atoms with van der Waals surface area (Å²) in [7, 11) is 1.60. The third kappa shape index (κ3) is 2.96. The van der Waals surface area contributed by atoms with Crippen LogP contribution in [0.2, 0.25) is 0 Å². The maximum absolute atomic E-state index is 11.6. The Labute approximate surface area is 111 Å². The van der Waals surface area contributed by atoms with Crippen LogP contribution < -0.4 is 10.2 Å². The van der Waals surface area contributed by atoms with E-state index < -0.39 is 6.09 Å². The largest absolute Gasteiger partial charge is 0.465 e. The quantitative estimate of drug-likeness (QED) is 0.829. The fraction of sp³-hybridized carbons (Fsp3) is 0.385. The van der Waals surface area contributed by atoms with Gasteiger partial charge >= 0.3 is 6.09 Å². The Hall–Kier alpha value is -2.24. The number of hydrogen-bond acceptors (Lipinski definition) is 3. The first-order valence-corrected chi connectivity index (χ1v) is 6.17. The fourth-order valence-corrected chi connectivity index (χ4v) is 2.14. The molecule has 19 heavy (non-hydrogen) atoms. The van der Waals surface area contributed by atoms with E-state index in [9.17, 15) is 9.59 Å². The predicted octanol–water partition coefficient (Wildman–Crippen LogP) is 0.846. The number of benzene rings is 1. The Morgan fingerprint density at radius 1 is 1.21 bits per heavy atom. The van der Waals surface area contributed by atoms with Gasteiger partial charge in [0.1, 0.15) is 0 Å². The maximum atomic E-state index is 11.6. The number of carbonyl (C=O) groups excluding carboxylic acids is 1. The van der Waals surface area contributed by atoms with Crippen LogP contribution in [0.5, 0.6) is 0 Å². The second-order valence-electron chi connectivity index (χ2n) is 4.39. The summed E-state index contributed by atoms with van der Waals surface area (Å²) >= 11 is 0. The van der Waals surface area contributed by atoms with Crippen molar-refractivity contribution in [2.75, 3.05) is 38.1 Å². The van der Waals surface area contributed by atoms with E-state index in [2.05, 4.69) is 10.2 Å². The van der Waals surface area contributed by atoms with Gasteiger partial charge in [0, 0.05) is 44.5 Å². The molecule has 1 aliphatic rings. The van der Waals surface area contributed by atoms with E-state index in [0.717, 1.165) is 5.69 Å². The normalized spacial score (nSPS) is 15.2. The smallest absolute Gasteiger partial charge is 0.407 e. The highest BCUT2D eigenvalue weighted by Crippen LogP contribution is 2.18. The number of nitrogens with zero attached hydrogens (tertiary/aromatic N) is 2. The minimum absolute atomic E-state index is 0.119. The predicted molar refractivity (Wildman–Crippen MR) is 71.6 cm³/mol. The number of anilines is 1. The maximum Gasteiger partial charge on any atom is 0.407 e. The van der Waals surface area contributed by atoms with Crippen LogP contribution >= 0.6 is 0 Å². The second-order valence-corrected chi connectivity index (χ2v) is 4.39. The second kappa shape index (κ2) is 5.60. The molecule has 0 unspecified atom stereocenters. The molecule has 6 heteroatoms. The molecule has 1 heterocycles. The summed E-state index contributed by atoms with van der Waals surface area (Å²) in [6.45, 7) is 2.26. The number of hydrogen-bond donors (Lipinski definition) is 2. The fourth-order valence-electron chi connectivity index (χ4n) is 2.14. The van der Waals surface area contributed by atoms with Gasteiger partial charge in [-0.2, -0.15) is 0 Å². The lowest BCUT2D eigenvalue weighted by molar-refractivity contribution is 0.0963. The first-order chi connectivity index (χ1) is 9.11. The van der Waals surface area contributed by atoms with Crippen LogP contribution in [-0.2, 0) is 0 Å². The van der Waals surface area contributed by atoms with Gasteiger partial charge in [-0.05, 0) is 18.2 Å². The van der Waals surface area contributed by atoms with Gasteiger partial charge in [-0.25, -0.2) is 4.79 Å². The standard InChI is InChI=1S/C13H17N3O3/c1-14-12(17)10-3-2-4-11(9-10)15-5-7-16(8-6-15)13(18)19/h2-4,9H,5-8H2,1H3,(H,14,17)(H,18,19). The third-order valence-electron chi connectivity index (χ3n) is 3.25. The van der Waals surface area contributed by atoms with Gasteiger partial charge in [-0.3, -0.25) is 4.79 Å². The molecule has 0 radical (unpaired) electrons. The van der Waals surface area contributed by atoms with Crippen LogP contribution in [-0.4, -0.2) is 55.2 Å². The summed E-state index contributed by atoms with van der Waals surface area (Å²) < 4.78 is 0. The van der Waals surface area contributed by atoms with Crippen LogP contribution in [0.1, 0.15) is 10.4 Å². The highest BCUT2D eigenvalue weighted by molar-refractivity contribution is 5.94. The number of rotatable bonds is 2. The molecule has 1 aromatic rings. The molecule has 2 amide bonds. The zero-order valence-electron chi connectivity index (χ0n) is 10.8. The van der Waals surface area contributed by atoms with E-state index in [1.165, 1.54) is 4.90 Å². The van der Waals surface area contributed by atoms with Crippen molar-refractivity contribution in [2.24, 2.45) is 0 Å². The molecule has 1 fully saturated rings. The molecule has 0 saturated carbocycles. The molecule has 0 aromatic heterocycles. The Bertz CT molecular complexity index is 482. The van der Waals surface area contributed by atoms with Crippen molar-refractivity contribution >= 4 is 17.7 Å². The molecule has 0 atom stereocenters. The van der Waals surface area contributed by atoms with Gasteiger partial charge in [0.05, 0.1) is 0 Å². The van der Waals surface area contributed by atoms with Crippen molar-refractivity contribution < 1.29 is 14.7 Å². The Balaban J connectivity index is 2.07. The molecule has 0 bridgehead atoms. The van der Waals surface area contributed by atoms with Gasteiger partial charge in [0.15, 0.2) is 0 Å². The number of carbonyl (C=O) groups is 2. The molecule has 1 saturated heterocycles. The molecule has 6 nitrogen and oxygen atoms in total. The lowest BCUT2D eigenvalue weighted by Crippen LogP contribution is -2.48. The van der Waals surface area contributed by atoms with Gasteiger partial charge in [-0.1, -0.05) is 6.07 Å². The number of carboxylic acid groups (broad SMARTS) is 1. The zero-order chi connectivity index (χ0) is 13.8. The van der Waals surface area contributed by atoms with E-state index in [-0.39, 0.29) is 5.91 Å². The summed E-state index contributed by atoms with van der Waals surface area (Å²) in [6, 6.07) is 7.36. The van der Waals surface area contributed by atoms with Gasteiger partial charge < -0.3 is 20.2 Å². The minimum Gasteiger partial charge on any atom is -0.465 e. The highest BCUT2D eigenvalue weighted by Gasteiger charge is 2.20. The topological polar surface area (TPSA) is 72.9 Å². The van der Waals surface area contributed by atoms with Crippen LogP contribution in [0, 0.1) is 0 Å². The monoisotopic (exact) mass is 263 g/mol. The van der Waals surface area contributed by atoms with E-state index >= 15 is 0 Å². The number of piperazine rings is 1. The average Bonchev–Trinajstić information content (AvgIpc) is 2.46. The van der Waals surface area contributed by atoms with Crippen molar-refractivity contribution in [3.63, 3.8) is 0 Å². The summed E-state index contributed by atoms with van der Waals surface area (Å²) in [5.41, 5.74) is 1.56. The lowest BCUT2D eigenvalue weighted by atomic mass is 10.1. The third-order valence-corrected chi connectivity index (χ3v) is 3.25. The van der Waals surface area contributed by atoms with Crippen LogP contribution in [0.15, 0.2) is 24.3 Å². The molecule has 1 aromatic carbocycles. The SMILES string of the molecule is CNC(=O)c1cccc(N2CCN(C(=O)O)CC2)c1. The van der Waals surface area contributed by atoms with Crippen LogP contribution in [0.25, 0.3) is 0 Å². The first kappa shape index (κ1) is 13.2. The Morgan fingerprint density at radius 2 is 1.89 bits per heavy atom. The Kier molecular flexibility index (Phi) is 3.89. The van der Waals surface area contributed by atoms with Crippen molar-refractivity contribution in [3.05, 3.63) is 29.8 Å². The Morgan fingerprint density at radius 3 is 2.47 bits per heavy atom.